The number of furan rings is 1. The molecule has 1 aliphatic carbocycles. The number of rotatable bonds is 5. The van der Waals surface area contributed by atoms with Crippen molar-refractivity contribution in [3.63, 3.8) is 0 Å². The third-order valence-electron chi connectivity index (χ3n) is 4.75. The maximum atomic E-state index is 12.2. The minimum Gasteiger partial charge on any atom is -0.468 e. The number of urea groups is 1. The topological polar surface area (TPSA) is 66.7 Å². The minimum atomic E-state index is -0.0679. The summed E-state index contributed by atoms with van der Waals surface area (Å²) in [6, 6.07) is 4.19. The molecule has 23 heavy (non-hydrogen) atoms. The summed E-state index contributed by atoms with van der Waals surface area (Å²) in [5.74, 6) is 0.893. The first kappa shape index (κ1) is 16.3. The van der Waals surface area contributed by atoms with Crippen molar-refractivity contribution in [2.75, 3.05) is 32.8 Å². The van der Waals surface area contributed by atoms with Crippen LogP contribution < -0.4 is 10.6 Å². The van der Waals surface area contributed by atoms with E-state index in [1.807, 2.05) is 12.1 Å². The lowest BCUT2D eigenvalue weighted by Gasteiger charge is -2.33. The van der Waals surface area contributed by atoms with Crippen molar-refractivity contribution in [2.24, 2.45) is 0 Å². The Kier molecular flexibility index (Phi) is 5.93. The van der Waals surface area contributed by atoms with Gasteiger partial charge in [-0.15, -0.1) is 0 Å². The zero-order valence-corrected chi connectivity index (χ0v) is 13.6. The second-order valence-corrected chi connectivity index (χ2v) is 6.37. The molecule has 1 aromatic rings. The van der Waals surface area contributed by atoms with Gasteiger partial charge in [0.2, 0.25) is 0 Å². The van der Waals surface area contributed by atoms with Crippen LogP contribution in [0.25, 0.3) is 0 Å². The molecule has 3 rings (SSSR count). The predicted octanol–water partition coefficient (Wildman–Crippen LogP) is 2.28. The summed E-state index contributed by atoms with van der Waals surface area (Å²) in [6.45, 7) is 3.72. The van der Waals surface area contributed by atoms with Crippen LogP contribution in [0.5, 0.6) is 0 Å². The van der Waals surface area contributed by atoms with Crippen molar-refractivity contribution in [2.45, 2.75) is 44.2 Å². The number of nitrogens with zero attached hydrogens (tertiary/aromatic N) is 1. The van der Waals surface area contributed by atoms with Gasteiger partial charge in [0.25, 0.3) is 0 Å². The smallest absolute Gasteiger partial charge is 0.315 e. The number of ether oxygens (including phenoxy) is 1. The normalized spacial score (nSPS) is 21.7. The molecule has 1 aliphatic heterocycles. The largest absolute Gasteiger partial charge is 0.468 e. The predicted molar refractivity (Wildman–Crippen MR) is 87.2 cm³/mol. The van der Waals surface area contributed by atoms with Crippen LogP contribution in [0.3, 0.4) is 0 Å². The lowest BCUT2D eigenvalue weighted by atomic mass is 9.96. The first-order valence-corrected chi connectivity index (χ1v) is 8.72. The van der Waals surface area contributed by atoms with E-state index in [-0.39, 0.29) is 12.1 Å². The van der Waals surface area contributed by atoms with Crippen molar-refractivity contribution in [3.8, 4) is 0 Å². The molecule has 0 spiro atoms. The van der Waals surface area contributed by atoms with Gasteiger partial charge < -0.3 is 19.8 Å². The van der Waals surface area contributed by atoms with Gasteiger partial charge in [-0.2, -0.15) is 0 Å². The SMILES string of the molecule is O=C(NC[C@@H](c1ccco1)N1CCOCC1)NC1CCCCC1. The first-order chi connectivity index (χ1) is 11.3. The van der Waals surface area contributed by atoms with E-state index in [2.05, 4.69) is 15.5 Å². The Morgan fingerprint density at radius 1 is 1.26 bits per heavy atom. The number of morpholine rings is 1. The van der Waals surface area contributed by atoms with E-state index in [1.165, 1.54) is 19.3 Å². The van der Waals surface area contributed by atoms with Crippen LogP contribution in [0.15, 0.2) is 22.8 Å². The second kappa shape index (κ2) is 8.36. The molecule has 1 saturated heterocycles. The maximum absolute atomic E-state index is 12.2. The summed E-state index contributed by atoms with van der Waals surface area (Å²) in [4.78, 5) is 14.5. The molecule has 1 atom stereocenters. The Morgan fingerprint density at radius 3 is 2.74 bits per heavy atom. The van der Waals surface area contributed by atoms with E-state index in [0.29, 0.717) is 12.6 Å². The average Bonchev–Trinajstić information content (AvgIpc) is 3.11. The average molecular weight is 321 g/mol. The van der Waals surface area contributed by atoms with E-state index in [4.69, 9.17) is 9.15 Å². The number of hydrogen-bond donors (Lipinski definition) is 2. The molecule has 0 radical (unpaired) electrons. The van der Waals surface area contributed by atoms with Gasteiger partial charge in [-0.05, 0) is 25.0 Å². The quantitative estimate of drug-likeness (QED) is 0.873. The molecule has 2 fully saturated rings. The summed E-state index contributed by atoms with van der Waals surface area (Å²) in [5, 5.41) is 6.12. The number of carbonyl (C=O) groups is 1. The lowest BCUT2D eigenvalue weighted by molar-refractivity contribution is 0.0123. The van der Waals surface area contributed by atoms with Gasteiger partial charge in [0.15, 0.2) is 0 Å². The van der Waals surface area contributed by atoms with E-state index < -0.39 is 0 Å². The second-order valence-electron chi connectivity index (χ2n) is 6.37. The molecular formula is C17H27N3O3. The van der Waals surface area contributed by atoms with Gasteiger partial charge in [0.1, 0.15) is 5.76 Å². The Hall–Kier alpha value is -1.53. The van der Waals surface area contributed by atoms with Gasteiger partial charge in [0, 0.05) is 25.7 Å². The molecule has 1 aromatic heterocycles. The number of amides is 2. The summed E-state index contributed by atoms with van der Waals surface area (Å²) in [7, 11) is 0. The Labute approximate surface area is 137 Å². The summed E-state index contributed by atoms with van der Waals surface area (Å²) in [6.07, 6.45) is 7.60. The number of hydrogen-bond acceptors (Lipinski definition) is 4. The van der Waals surface area contributed by atoms with E-state index in [1.54, 1.807) is 6.26 Å². The molecule has 0 aromatic carbocycles. The molecular weight excluding hydrogens is 294 g/mol. The minimum absolute atomic E-state index is 0.0611. The van der Waals surface area contributed by atoms with Crippen molar-refractivity contribution in [1.29, 1.82) is 0 Å². The summed E-state index contributed by atoms with van der Waals surface area (Å²) >= 11 is 0. The highest BCUT2D eigenvalue weighted by Gasteiger charge is 2.25. The van der Waals surface area contributed by atoms with Gasteiger partial charge in [-0.1, -0.05) is 19.3 Å². The maximum Gasteiger partial charge on any atom is 0.315 e. The van der Waals surface area contributed by atoms with Crippen LogP contribution in [-0.4, -0.2) is 49.8 Å². The fourth-order valence-corrected chi connectivity index (χ4v) is 3.45. The zero-order valence-electron chi connectivity index (χ0n) is 13.6. The first-order valence-electron chi connectivity index (χ1n) is 8.72. The molecule has 128 valence electrons. The monoisotopic (exact) mass is 321 g/mol. The molecule has 2 N–H and O–H groups in total. The Bertz CT molecular complexity index is 465. The molecule has 2 amide bonds. The molecule has 0 bridgehead atoms. The van der Waals surface area contributed by atoms with Crippen molar-refractivity contribution < 1.29 is 13.9 Å². The van der Waals surface area contributed by atoms with Crippen molar-refractivity contribution >= 4 is 6.03 Å². The highest BCUT2D eigenvalue weighted by molar-refractivity contribution is 5.74. The standard InChI is InChI=1S/C17H27N3O3/c21-17(19-14-5-2-1-3-6-14)18-13-15(16-7-4-10-23-16)20-8-11-22-12-9-20/h4,7,10,14-15H,1-3,5-6,8-9,11-13H2,(H2,18,19,21)/t15-/m0/s1. The number of carbonyl (C=O) groups excluding carboxylic acids is 1. The van der Waals surface area contributed by atoms with Crippen molar-refractivity contribution in [1.82, 2.24) is 15.5 Å². The third kappa shape index (κ3) is 4.72. The van der Waals surface area contributed by atoms with Gasteiger partial charge in [-0.25, -0.2) is 4.79 Å². The van der Waals surface area contributed by atoms with Gasteiger partial charge in [-0.3, -0.25) is 4.90 Å². The Morgan fingerprint density at radius 2 is 2.04 bits per heavy atom. The lowest BCUT2D eigenvalue weighted by Crippen LogP contribution is -2.47. The summed E-state index contributed by atoms with van der Waals surface area (Å²) in [5.41, 5.74) is 0. The van der Waals surface area contributed by atoms with Crippen LogP contribution in [0.2, 0.25) is 0 Å². The molecule has 2 aliphatic rings. The summed E-state index contributed by atoms with van der Waals surface area (Å²) < 4.78 is 11.0. The van der Waals surface area contributed by atoms with E-state index in [9.17, 15) is 4.79 Å². The zero-order chi connectivity index (χ0) is 15.9. The molecule has 2 heterocycles. The highest BCUT2D eigenvalue weighted by Crippen LogP contribution is 2.22. The molecule has 0 unspecified atom stereocenters. The van der Waals surface area contributed by atoms with Crippen LogP contribution in [0.4, 0.5) is 4.79 Å². The van der Waals surface area contributed by atoms with Crippen molar-refractivity contribution in [3.05, 3.63) is 24.2 Å². The third-order valence-corrected chi connectivity index (χ3v) is 4.75. The van der Waals surface area contributed by atoms with Gasteiger partial charge >= 0.3 is 6.03 Å². The van der Waals surface area contributed by atoms with Crippen LogP contribution >= 0.6 is 0 Å². The highest BCUT2D eigenvalue weighted by atomic mass is 16.5. The van der Waals surface area contributed by atoms with Gasteiger partial charge in [0.05, 0.1) is 25.5 Å². The van der Waals surface area contributed by atoms with E-state index in [0.717, 1.165) is 44.9 Å². The molecule has 1 saturated carbocycles. The van der Waals surface area contributed by atoms with Crippen LogP contribution in [0, 0.1) is 0 Å². The fourth-order valence-electron chi connectivity index (χ4n) is 3.45. The van der Waals surface area contributed by atoms with E-state index >= 15 is 0 Å². The van der Waals surface area contributed by atoms with Crippen LogP contribution in [0.1, 0.15) is 43.9 Å². The van der Waals surface area contributed by atoms with Crippen LogP contribution in [-0.2, 0) is 4.74 Å². The Balaban J connectivity index is 1.52. The molecule has 6 nitrogen and oxygen atoms in total. The molecule has 6 heteroatoms. The number of nitrogens with one attached hydrogen (secondary N) is 2. The fraction of sp³-hybridized carbons (Fsp3) is 0.706.